The monoisotopic (exact) mass is 358 g/mol. The summed E-state index contributed by atoms with van der Waals surface area (Å²) < 4.78 is 19.8. The Bertz CT molecular complexity index is 951. The quantitative estimate of drug-likeness (QED) is 0.733. The van der Waals surface area contributed by atoms with Gasteiger partial charge in [0.15, 0.2) is 6.61 Å². The van der Waals surface area contributed by atoms with E-state index in [1.807, 2.05) is 0 Å². The van der Waals surface area contributed by atoms with E-state index in [-0.39, 0.29) is 18.3 Å². The number of fused-ring (bicyclic) bond motifs is 1. The number of thiophene rings is 1. The van der Waals surface area contributed by atoms with Crippen molar-refractivity contribution in [2.75, 3.05) is 11.9 Å². The van der Waals surface area contributed by atoms with Crippen LogP contribution in [0.1, 0.15) is 15.2 Å². The molecule has 2 amide bonds. The Morgan fingerprint density at radius 2 is 1.92 bits per heavy atom. The summed E-state index contributed by atoms with van der Waals surface area (Å²) in [5, 5.41) is 3.25. The molecule has 0 fully saturated rings. The van der Waals surface area contributed by atoms with Gasteiger partial charge in [-0.1, -0.05) is 6.07 Å². The predicted molar refractivity (Wildman–Crippen MR) is 95.6 cm³/mol. The minimum Gasteiger partial charge on any atom is -0.484 e. The van der Waals surface area contributed by atoms with E-state index >= 15 is 0 Å². The molecule has 0 bridgehead atoms. The Labute approximate surface area is 147 Å². The SMILES string of the molecule is Cc1c(C(=O)Nc2ccc(OCC(N)=O)cc2)sc2cccc(F)c12. The fraction of sp³-hybridized carbons (Fsp3) is 0.111. The van der Waals surface area contributed by atoms with Crippen molar-refractivity contribution in [3.8, 4) is 5.75 Å². The number of anilines is 1. The van der Waals surface area contributed by atoms with Crippen LogP contribution in [0.2, 0.25) is 0 Å². The third kappa shape index (κ3) is 3.61. The number of ether oxygens (including phenoxy) is 1. The molecule has 3 aromatic rings. The van der Waals surface area contributed by atoms with Gasteiger partial charge in [-0.3, -0.25) is 9.59 Å². The van der Waals surface area contributed by atoms with Crippen LogP contribution in [0.4, 0.5) is 10.1 Å². The maximum absolute atomic E-state index is 14.0. The van der Waals surface area contributed by atoms with Crippen molar-refractivity contribution in [1.82, 2.24) is 0 Å². The van der Waals surface area contributed by atoms with Gasteiger partial charge in [0, 0.05) is 15.8 Å². The number of benzene rings is 2. The number of hydrogen-bond acceptors (Lipinski definition) is 4. The first-order valence-corrected chi connectivity index (χ1v) is 8.27. The summed E-state index contributed by atoms with van der Waals surface area (Å²) in [5.41, 5.74) is 6.20. The highest BCUT2D eigenvalue weighted by atomic mass is 32.1. The maximum atomic E-state index is 14.0. The molecule has 3 rings (SSSR count). The predicted octanol–water partition coefficient (Wildman–Crippen LogP) is 3.47. The zero-order valence-corrected chi connectivity index (χ0v) is 14.2. The summed E-state index contributed by atoms with van der Waals surface area (Å²) in [4.78, 5) is 23.7. The molecule has 7 heteroatoms. The van der Waals surface area contributed by atoms with E-state index in [4.69, 9.17) is 10.5 Å². The summed E-state index contributed by atoms with van der Waals surface area (Å²) in [6.45, 7) is 1.52. The average Bonchev–Trinajstić information content (AvgIpc) is 2.92. The molecule has 0 atom stereocenters. The van der Waals surface area contributed by atoms with Crippen LogP contribution in [0.3, 0.4) is 0 Å². The van der Waals surface area contributed by atoms with Gasteiger partial charge in [0.05, 0.1) is 4.88 Å². The lowest BCUT2D eigenvalue weighted by atomic mass is 10.1. The van der Waals surface area contributed by atoms with E-state index in [1.165, 1.54) is 17.4 Å². The van der Waals surface area contributed by atoms with Crippen molar-refractivity contribution >= 4 is 38.9 Å². The molecule has 0 aliphatic carbocycles. The lowest BCUT2D eigenvalue weighted by Crippen LogP contribution is -2.20. The molecule has 5 nitrogen and oxygen atoms in total. The van der Waals surface area contributed by atoms with Crippen molar-refractivity contribution < 1.29 is 18.7 Å². The number of aryl methyl sites for hydroxylation is 1. The highest BCUT2D eigenvalue weighted by Crippen LogP contribution is 2.33. The van der Waals surface area contributed by atoms with Crippen molar-refractivity contribution in [3.05, 3.63) is 58.7 Å². The molecule has 0 aliphatic heterocycles. The van der Waals surface area contributed by atoms with Gasteiger partial charge in [-0.2, -0.15) is 0 Å². The van der Waals surface area contributed by atoms with E-state index in [0.717, 1.165) is 4.70 Å². The molecule has 0 saturated heterocycles. The lowest BCUT2D eigenvalue weighted by Gasteiger charge is -2.07. The van der Waals surface area contributed by atoms with E-state index < -0.39 is 5.91 Å². The molecular formula is C18H15FN2O3S. The van der Waals surface area contributed by atoms with Crippen LogP contribution in [-0.4, -0.2) is 18.4 Å². The number of hydrogen-bond donors (Lipinski definition) is 2. The highest BCUT2D eigenvalue weighted by molar-refractivity contribution is 7.21. The van der Waals surface area contributed by atoms with Crippen LogP contribution in [-0.2, 0) is 4.79 Å². The second-order valence-corrected chi connectivity index (χ2v) is 6.45. The largest absolute Gasteiger partial charge is 0.484 e. The highest BCUT2D eigenvalue weighted by Gasteiger charge is 2.17. The minimum absolute atomic E-state index is 0.210. The average molecular weight is 358 g/mol. The summed E-state index contributed by atoms with van der Waals surface area (Å²) in [5.74, 6) is -0.730. The van der Waals surface area contributed by atoms with Gasteiger partial charge in [0.2, 0.25) is 0 Å². The van der Waals surface area contributed by atoms with Gasteiger partial charge in [-0.25, -0.2) is 4.39 Å². The minimum atomic E-state index is -0.565. The third-order valence-corrected chi connectivity index (χ3v) is 4.86. The van der Waals surface area contributed by atoms with Crippen molar-refractivity contribution in [1.29, 1.82) is 0 Å². The van der Waals surface area contributed by atoms with Crippen molar-refractivity contribution in [2.24, 2.45) is 5.73 Å². The summed E-state index contributed by atoms with van der Waals surface area (Å²) in [6.07, 6.45) is 0. The van der Waals surface area contributed by atoms with Crippen molar-refractivity contribution in [3.63, 3.8) is 0 Å². The molecule has 1 heterocycles. The van der Waals surface area contributed by atoms with Crippen LogP contribution in [0.25, 0.3) is 10.1 Å². The van der Waals surface area contributed by atoms with Gasteiger partial charge in [0.25, 0.3) is 11.8 Å². The van der Waals surface area contributed by atoms with E-state index in [9.17, 15) is 14.0 Å². The van der Waals surface area contributed by atoms with E-state index in [2.05, 4.69) is 5.32 Å². The zero-order chi connectivity index (χ0) is 18.0. The number of nitrogens with two attached hydrogens (primary N) is 1. The standard InChI is InChI=1S/C18H15FN2O3S/c1-10-16-13(19)3-2-4-14(16)25-17(10)18(23)21-11-5-7-12(8-6-11)24-9-15(20)22/h2-8H,9H2,1H3,(H2,20,22)(H,21,23). The third-order valence-electron chi connectivity index (χ3n) is 3.60. The smallest absolute Gasteiger partial charge is 0.266 e. The van der Waals surface area contributed by atoms with Crippen LogP contribution >= 0.6 is 11.3 Å². The molecule has 25 heavy (non-hydrogen) atoms. The van der Waals surface area contributed by atoms with E-state index in [0.29, 0.717) is 27.3 Å². The maximum Gasteiger partial charge on any atom is 0.266 e. The number of rotatable bonds is 5. The molecule has 0 saturated carbocycles. The molecule has 1 aromatic heterocycles. The van der Waals surface area contributed by atoms with E-state index in [1.54, 1.807) is 43.3 Å². The Balaban J connectivity index is 1.77. The van der Waals surface area contributed by atoms with Crippen LogP contribution < -0.4 is 15.8 Å². The zero-order valence-electron chi connectivity index (χ0n) is 13.3. The Kier molecular flexibility index (Phi) is 4.67. The molecule has 0 unspecified atom stereocenters. The number of primary amides is 1. The molecular weight excluding hydrogens is 343 g/mol. The summed E-state index contributed by atoms with van der Waals surface area (Å²) in [7, 11) is 0. The second-order valence-electron chi connectivity index (χ2n) is 5.40. The molecule has 2 aromatic carbocycles. The number of amides is 2. The lowest BCUT2D eigenvalue weighted by molar-refractivity contribution is -0.119. The Hall–Kier alpha value is -2.93. The first kappa shape index (κ1) is 16.9. The number of carbonyl (C=O) groups is 2. The van der Waals surface area contributed by atoms with Crippen LogP contribution in [0.5, 0.6) is 5.75 Å². The summed E-state index contributed by atoms with van der Waals surface area (Å²) >= 11 is 1.25. The fourth-order valence-electron chi connectivity index (χ4n) is 2.45. The van der Waals surface area contributed by atoms with Gasteiger partial charge >= 0.3 is 0 Å². The number of nitrogens with one attached hydrogen (secondary N) is 1. The van der Waals surface area contributed by atoms with Crippen LogP contribution in [0, 0.1) is 12.7 Å². The normalized spacial score (nSPS) is 10.6. The van der Waals surface area contributed by atoms with Gasteiger partial charge < -0.3 is 15.8 Å². The molecule has 128 valence electrons. The van der Waals surface area contributed by atoms with Gasteiger partial charge in [0.1, 0.15) is 11.6 Å². The first-order chi connectivity index (χ1) is 12.0. The van der Waals surface area contributed by atoms with Crippen molar-refractivity contribution in [2.45, 2.75) is 6.92 Å². The second kappa shape index (κ2) is 6.90. The van der Waals surface area contributed by atoms with Gasteiger partial charge in [-0.15, -0.1) is 11.3 Å². The Morgan fingerprint density at radius 1 is 1.20 bits per heavy atom. The Morgan fingerprint density at radius 3 is 2.56 bits per heavy atom. The van der Waals surface area contributed by atoms with Gasteiger partial charge in [-0.05, 0) is 48.9 Å². The number of carbonyl (C=O) groups excluding carboxylic acids is 2. The first-order valence-electron chi connectivity index (χ1n) is 7.46. The fourth-order valence-corrected chi connectivity index (χ4v) is 3.56. The summed E-state index contributed by atoms with van der Waals surface area (Å²) in [6, 6.07) is 11.3. The molecule has 0 spiro atoms. The molecule has 0 aliphatic rings. The van der Waals surface area contributed by atoms with Crippen LogP contribution in [0.15, 0.2) is 42.5 Å². The molecule has 3 N–H and O–H groups in total. The topological polar surface area (TPSA) is 81.4 Å². The number of halogens is 1. The molecule has 0 radical (unpaired) electrons.